The highest BCUT2D eigenvalue weighted by molar-refractivity contribution is 14.1. The van der Waals surface area contributed by atoms with Crippen LogP contribution >= 0.6 is 22.6 Å². The van der Waals surface area contributed by atoms with E-state index in [0.717, 1.165) is 9.39 Å². The maximum absolute atomic E-state index is 11.0. The summed E-state index contributed by atoms with van der Waals surface area (Å²) in [7, 11) is 0. The Hall–Kier alpha value is -1.63. The number of hydrogen-bond donors (Lipinski definition) is 2. The molecule has 0 saturated heterocycles. The molecule has 0 spiro atoms. The molecule has 0 aliphatic heterocycles. The van der Waals surface area contributed by atoms with E-state index in [1.165, 1.54) is 0 Å². The van der Waals surface area contributed by atoms with Crippen molar-refractivity contribution in [3.63, 3.8) is 0 Å². The summed E-state index contributed by atoms with van der Waals surface area (Å²) < 4.78 is 0.742. The first-order chi connectivity index (χ1) is 8.16. The number of para-hydroxylation sites is 1. The number of aromatic carboxylic acids is 1. The number of aromatic nitrogens is 1. The van der Waals surface area contributed by atoms with Crippen molar-refractivity contribution in [1.82, 2.24) is 4.98 Å². The highest BCUT2D eigenvalue weighted by Crippen LogP contribution is 2.19. The van der Waals surface area contributed by atoms with Crippen LogP contribution in [0.5, 0.6) is 0 Å². The minimum absolute atomic E-state index is 0.161. The fourth-order valence-corrected chi connectivity index (χ4v) is 1.78. The Morgan fingerprint density at radius 2 is 1.88 bits per heavy atom. The number of carbonyl (C=O) groups is 1. The molecule has 4 nitrogen and oxygen atoms in total. The van der Waals surface area contributed by atoms with Gasteiger partial charge in [0.1, 0.15) is 15.1 Å². The van der Waals surface area contributed by atoms with Gasteiger partial charge < -0.3 is 10.4 Å². The van der Waals surface area contributed by atoms with Crippen LogP contribution in [0.1, 0.15) is 10.4 Å². The van der Waals surface area contributed by atoms with E-state index < -0.39 is 5.97 Å². The van der Waals surface area contributed by atoms with Gasteiger partial charge in [0, 0.05) is 5.69 Å². The molecule has 1 aromatic heterocycles. The molecule has 17 heavy (non-hydrogen) atoms. The maximum Gasteiger partial charge on any atom is 0.339 e. The Labute approximate surface area is 112 Å². The zero-order valence-corrected chi connectivity index (χ0v) is 10.9. The first-order valence-corrected chi connectivity index (χ1v) is 5.96. The highest BCUT2D eigenvalue weighted by atomic mass is 127. The minimum atomic E-state index is -0.993. The Morgan fingerprint density at radius 3 is 2.53 bits per heavy atom. The van der Waals surface area contributed by atoms with Crippen molar-refractivity contribution in [2.75, 3.05) is 5.32 Å². The summed E-state index contributed by atoms with van der Waals surface area (Å²) in [5.74, 6) is -0.636. The summed E-state index contributed by atoms with van der Waals surface area (Å²) in [6.07, 6.45) is 0. The molecule has 0 fully saturated rings. The van der Waals surface area contributed by atoms with Gasteiger partial charge in [-0.3, -0.25) is 0 Å². The summed E-state index contributed by atoms with van der Waals surface area (Å²) in [5.41, 5.74) is 0.971. The van der Waals surface area contributed by atoms with Crippen LogP contribution in [0.4, 0.5) is 11.5 Å². The fourth-order valence-electron chi connectivity index (χ4n) is 1.36. The normalized spacial score (nSPS) is 9.94. The van der Waals surface area contributed by atoms with Gasteiger partial charge in [-0.25, -0.2) is 9.78 Å². The van der Waals surface area contributed by atoms with Gasteiger partial charge >= 0.3 is 5.97 Å². The van der Waals surface area contributed by atoms with Gasteiger partial charge in [0.05, 0.1) is 0 Å². The quantitative estimate of drug-likeness (QED) is 0.666. The van der Waals surface area contributed by atoms with Crippen LogP contribution in [0, 0.1) is 3.70 Å². The van der Waals surface area contributed by atoms with Crippen LogP contribution in [0.3, 0.4) is 0 Å². The molecule has 2 aromatic rings. The van der Waals surface area contributed by atoms with Crippen LogP contribution in [0.2, 0.25) is 0 Å². The molecular weight excluding hydrogens is 331 g/mol. The van der Waals surface area contributed by atoms with E-state index >= 15 is 0 Å². The summed E-state index contributed by atoms with van der Waals surface area (Å²) in [6.45, 7) is 0. The van der Waals surface area contributed by atoms with Crippen molar-refractivity contribution < 1.29 is 9.90 Å². The second-order valence-corrected chi connectivity index (χ2v) is 4.43. The van der Waals surface area contributed by atoms with E-state index in [1.54, 1.807) is 12.1 Å². The predicted octanol–water partition coefficient (Wildman–Crippen LogP) is 3.13. The van der Waals surface area contributed by atoms with Crippen LogP contribution < -0.4 is 5.32 Å². The van der Waals surface area contributed by atoms with E-state index in [4.69, 9.17) is 5.11 Å². The van der Waals surface area contributed by atoms with E-state index in [1.807, 2.05) is 52.9 Å². The van der Waals surface area contributed by atoms with Crippen LogP contribution in [0.15, 0.2) is 42.5 Å². The number of halogens is 1. The first kappa shape index (κ1) is 11.8. The van der Waals surface area contributed by atoms with Crippen LogP contribution in [0.25, 0.3) is 0 Å². The molecule has 1 heterocycles. The average molecular weight is 340 g/mol. The standard InChI is InChI=1S/C12H9IN2O2/c13-10-7-6-9(12(16)17)11(15-10)14-8-4-2-1-3-5-8/h1-7H,(H,14,15)(H,16,17). The molecule has 0 radical (unpaired) electrons. The molecule has 86 valence electrons. The second-order valence-electron chi connectivity index (χ2n) is 3.33. The topological polar surface area (TPSA) is 62.2 Å². The maximum atomic E-state index is 11.0. The van der Waals surface area contributed by atoms with Crippen molar-refractivity contribution >= 4 is 40.1 Å². The number of carboxylic acid groups (broad SMARTS) is 1. The molecule has 0 unspecified atom stereocenters. The monoisotopic (exact) mass is 340 g/mol. The summed E-state index contributed by atoms with van der Waals surface area (Å²) in [6, 6.07) is 12.6. The number of benzene rings is 1. The van der Waals surface area contributed by atoms with Crippen molar-refractivity contribution in [1.29, 1.82) is 0 Å². The first-order valence-electron chi connectivity index (χ1n) is 4.89. The third kappa shape index (κ3) is 2.94. The Balaban J connectivity index is 2.37. The molecular formula is C12H9IN2O2. The van der Waals surface area contributed by atoms with Gasteiger partial charge in [0.25, 0.3) is 0 Å². The van der Waals surface area contributed by atoms with Gasteiger partial charge in [-0.1, -0.05) is 18.2 Å². The van der Waals surface area contributed by atoms with E-state index in [-0.39, 0.29) is 5.56 Å². The number of anilines is 2. The van der Waals surface area contributed by atoms with Crippen molar-refractivity contribution in [3.8, 4) is 0 Å². The van der Waals surface area contributed by atoms with Crippen molar-refractivity contribution in [2.45, 2.75) is 0 Å². The summed E-state index contributed by atoms with van der Waals surface area (Å²) >= 11 is 2.04. The van der Waals surface area contributed by atoms with Crippen molar-refractivity contribution in [3.05, 3.63) is 51.7 Å². The van der Waals surface area contributed by atoms with Gasteiger partial charge in [0.15, 0.2) is 0 Å². The van der Waals surface area contributed by atoms with E-state index in [0.29, 0.717) is 5.82 Å². The molecule has 0 amide bonds. The lowest BCUT2D eigenvalue weighted by molar-refractivity contribution is 0.0697. The lowest BCUT2D eigenvalue weighted by atomic mass is 10.2. The fraction of sp³-hybridized carbons (Fsp3) is 0. The zero-order chi connectivity index (χ0) is 12.3. The number of carboxylic acids is 1. The molecule has 5 heteroatoms. The lowest BCUT2D eigenvalue weighted by Crippen LogP contribution is -2.05. The van der Waals surface area contributed by atoms with Crippen LogP contribution in [-0.2, 0) is 0 Å². The Kier molecular flexibility index (Phi) is 3.58. The summed E-state index contributed by atoms with van der Waals surface area (Å²) in [5, 5.41) is 12.1. The molecule has 0 bridgehead atoms. The lowest BCUT2D eigenvalue weighted by Gasteiger charge is -2.08. The number of nitrogens with one attached hydrogen (secondary N) is 1. The Bertz CT molecular complexity index is 543. The van der Waals surface area contributed by atoms with Gasteiger partial charge in [-0.2, -0.15) is 0 Å². The predicted molar refractivity (Wildman–Crippen MR) is 73.6 cm³/mol. The van der Waals surface area contributed by atoms with Gasteiger partial charge in [0.2, 0.25) is 0 Å². The average Bonchev–Trinajstić information content (AvgIpc) is 2.30. The minimum Gasteiger partial charge on any atom is -0.478 e. The highest BCUT2D eigenvalue weighted by Gasteiger charge is 2.11. The van der Waals surface area contributed by atoms with Gasteiger partial charge in [-0.05, 0) is 46.9 Å². The molecule has 0 aliphatic rings. The largest absolute Gasteiger partial charge is 0.478 e. The smallest absolute Gasteiger partial charge is 0.339 e. The van der Waals surface area contributed by atoms with Crippen LogP contribution in [-0.4, -0.2) is 16.1 Å². The molecule has 2 N–H and O–H groups in total. The number of hydrogen-bond acceptors (Lipinski definition) is 3. The van der Waals surface area contributed by atoms with Crippen molar-refractivity contribution in [2.24, 2.45) is 0 Å². The summed E-state index contributed by atoms with van der Waals surface area (Å²) in [4.78, 5) is 15.2. The third-order valence-corrected chi connectivity index (χ3v) is 2.73. The molecule has 0 atom stereocenters. The van der Waals surface area contributed by atoms with Gasteiger partial charge in [-0.15, -0.1) is 0 Å². The molecule has 2 rings (SSSR count). The zero-order valence-electron chi connectivity index (χ0n) is 8.72. The van der Waals surface area contributed by atoms with E-state index in [2.05, 4.69) is 10.3 Å². The number of pyridine rings is 1. The molecule has 0 aliphatic carbocycles. The van der Waals surface area contributed by atoms with E-state index in [9.17, 15) is 4.79 Å². The SMILES string of the molecule is O=C(O)c1ccc(I)nc1Nc1ccccc1. The molecule has 1 aromatic carbocycles. The number of nitrogens with zero attached hydrogens (tertiary/aromatic N) is 1. The third-order valence-electron chi connectivity index (χ3n) is 2.13. The molecule has 0 saturated carbocycles. The number of rotatable bonds is 3. The second kappa shape index (κ2) is 5.13. The Morgan fingerprint density at radius 1 is 1.18 bits per heavy atom.